The summed E-state index contributed by atoms with van der Waals surface area (Å²) in [6.07, 6.45) is 2.80. The van der Waals surface area contributed by atoms with E-state index in [1.54, 1.807) is 12.1 Å². The summed E-state index contributed by atoms with van der Waals surface area (Å²) >= 11 is 1.24. The quantitative estimate of drug-likeness (QED) is 0.491. The molecule has 7 nitrogen and oxygen atoms in total. The molecule has 0 saturated heterocycles. The van der Waals surface area contributed by atoms with E-state index in [9.17, 15) is 4.79 Å². The fraction of sp³-hybridized carbons (Fsp3) is 0.217. The molecule has 1 aliphatic heterocycles. The Morgan fingerprint density at radius 3 is 2.81 bits per heavy atom. The van der Waals surface area contributed by atoms with Crippen LogP contribution in [0.3, 0.4) is 0 Å². The van der Waals surface area contributed by atoms with Gasteiger partial charge in [0.2, 0.25) is 5.91 Å². The zero-order valence-corrected chi connectivity index (χ0v) is 17.6. The Morgan fingerprint density at radius 2 is 1.97 bits per heavy atom. The Balaban J connectivity index is 1.59. The van der Waals surface area contributed by atoms with Gasteiger partial charge in [-0.3, -0.25) is 4.79 Å². The number of rotatable bonds is 5. The smallest absolute Gasteiger partial charge is 0.250 e. The molecule has 1 amide bonds. The maximum atomic E-state index is 11.8. The van der Waals surface area contributed by atoms with Crippen molar-refractivity contribution in [3.63, 3.8) is 0 Å². The Morgan fingerprint density at radius 1 is 1.10 bits per heavy atom. The average molecular weight is 432 g/mol. The van der Waals surface area contributed by atoms with Crippen molar-refractivity contribution in [1.29, 1.82) is 0 Å². The van der Waals surface area contributed by atoms with Crippen molar-refractivity contribution in [2.24, 2.45) is 5.73 Å². The van der Waals surface area contributed by atoms with E-state index in [4.69, 9.17) is 20.4 Å². The van der Waals surface area contributed by atoms with Crippen molar-refractivity contribution in [1.82, 2.24) is 14.3 Å². The number of aromatic nitrogens is 3. The number of aryl methyl sites for hydroxylation is 1. The number of hydrogen-bond donors (Lipinski definition) is 2. The number of amides is 1. The van der Waals surface area contributed by atoms with E-state index in [0.29, 0.717) is 36.1 Å². The van der Waals surface area contributed by atoms with Crippen molar-refractivity contribution >= 4 is 33.3 Å². The Labute approximate surface area is 183 Å². The van der Waals surface area contributed by atoms with E-state index in [0.717, 1.165) is 46.4 Å². The van der Waals surface area contributed by atoms with Gasteiger partial charge in [-0.1, -0.05) is 42.5 Å². The number of hydrogen-bond acceptors (Lipinski definition) is 7. The molecule has 1 aliphatic rings. The molecule has 8 heteroatoms. The molecule has 2 aromatic carbocycles. The van der Waals surface area contributed by atoms with E-state index in [-0.39, 0.29) is 0 Å². The highest BCUT2D eigenvalue weighted by atomic mass is 32.1. The van der Waals surface area contributed by atoms with Crippen LogP contribution in [0, 0.1) is 0 Å². The van der Waals surface area contributed by atoms with Gasteiger partial charge in [-0.2, -0.15) is 4.37 Å². The largest absolute Gasteiger partial charge is 0.488 e. The van der Waals surface area contributed by atoms with Crippen LogP contribution in [-0.4, -0.2) is 26.9 Å². The van der Waals surface area contributed by atoms with Gasteiger partial charge in [0, 0.05) is 11.9 Å². The number of nitrogens with two attached hydrogens (primary N) is 1. The van der Waals surface area contributed by atoms with Crippen LogP contribution in [0.4, 0.5) is 5.82 Å². The number of nitrogens with one attached hydrogen (secondary N) is 1. The van der Waals surface area contributed by atoms with Crippen molar-refractivity contribution in [3.05, 3.63) is 65.4 Å². The highest BCUT2D eigenvalue weighted by molar-refractivity contribution is 7.14. The molecule has 4 aromatic rings. The number of carbonyl (C=O) groups excluding carboxylic acids is 1. The van der Waals surface area contributed by atoms with Crippen LogP contribution < -0.4 is 15.8 Å². The van der Waals surface area contributed by atoms with E-state index < -0.39 is 5.91 Å². The molecule has 5 rings (SSSR count). The molecule has 3 heterocycles. The highest BCUT2D eigenvalue weighted by Crippen LogP contribution is 2.36. The normalized spacial score (nSPS) is 13.3. The summed E-state index contributed by atoms with van der Waals surface area (Å²) in [5.41, 5.74) is 8.68. The predicted molar refractivity (Wildman–Crippen MR) is 121 cm³/mol. The molecule has 2 aromatic heterocycles. The van der Waals surface area contributed by atoms with Gasteiger partial charge in [0.1, 0.15) is 5.69 Å². The van der Waals surface area contributed by atoms with Gasteiger partial charge in [-0.25, -0.2) is 9.97 Å². The van der Waals surface area contributed by atoms with Crippen molar-refractivity contribution < 1.29 is 9.53 Å². The van der Waals surface area contributed by atoms with Crippen molar-refractivity contribution in [2.75, 3.05) is 11.9 Å². The topological polar surface area (TPSA) is 103 Å². The Bertz CT molecular complexity index is 1260. The summed E-state index contributed by atoms with van der Waals surface area (Å²) < 4.78 is 11.3. The molecule has 0 unspecified atom stereocenters. The monoisotopic (exact) mass is 431 g/mol. The van der Waals surface area contributed by atoms with Crippen molar-refractivity contribution in [3.8, 4) is 17.3 Å². The first-order valence-electron chi connectivity index (χ1n) is 10.2. The molecule has 0 radical (unpaired) electrons. The third kappa shape index (κ3) is 3.82. The lowest BCUT2D eigenvalue weighted by Crippen LogP contribution is -2.10. The minimum Gasteiger partial charge on any atom is -0.488 e. The standard InChI is InChI=1S/C23H21N5O2S/c24-21(29)16-10-6-9-15-18(28-31-20(15)16)22-26-17-11-4-5-12-30-19(17)23(27-22)25-13-14-7-2-1-3-8-14/h1-3,6-10H,4-5,11-13H2,(H2,24,29)(H,25,26,27). The SMILES string of the molecule is NC(=O)c1cccc2c(-c3nc4c(c(NCc5ccccc5)n3)OCCCC4)nsc12. The van der Waals surface area contributed by atoms with Gasteiger partial charge in [0.15, 0.2) is 17.4 Å². The molecule has 156 valence electrons. The van der Waals surface area contributed by atoms with Crippen LogP contribution in [0.25, 0.3) is 21.6 Å². The summed E-state index contributed by atoms with van der Waals surface area (Å²) in [5.74, 6) is 1.43. The second kappa shape index (κ2) is 8.31. The zero-order valence-electron chi connectivity index (χ0n) is 16.8. The lowest BCUT2D eigenvalue weighted by molar-refractivity contribution is 0.100. The van der Waals surface area contributed by atoms with Gasteiger partial charge < -0.3 is 15.8 Å². The molecule has 0 spiro atoms. The Kier molecular flexibility index (Phi) is 5.21. The average Bonchev–Trinajstić information content (AvgIpc) is 3.08. The molecule has 0 bridgehead atoms. The number of benzene rings is 2. The van der Waals surface area contributed by atoms with Gasteiger partial charge in [-0.05, 0) is 42.4 Å². The van der Waals surface area contributed by atoms with Gasteiger partial charge in [-0.15, -0.1) is 0 Å². The first-order valence-corrected chi connectivity index (χ1v) is 11.0. The molecule has 0 fully saturated rings. The van der Waals surface area contributed by atoms with Gasteiger partial charge in [0.05, 0.1) is 22.6 Å². The minimum atomic E-state index is -0.470. The fourth-order valence-electron chi connectivity index (χ4n) is 3.71. The zero-order chi connectivity index (χ0) is 21.2. The first kappa shape index (κ1) is 19.4. The maximum Gasteiger partial charge on any atom is 0.250 e. The van der Waals surface area contributed by atoms with E-state index in [1.807, 2.05) is 24.3 Å². The summed E-state index contributed by atoms with van der Waals surface area (Å²) in [6.45, 7) is 1.27. The summed E-state index contributed by atoms with van der Waals surface area (Å²) in [5, 5.41) is 4.25. The third-order valence-electron chi connectivity index (χ3n) is 5.27. The number of nitrogens with zero attached hydrogens (tertiary/aromatic N) is 3. The number of ether oxygens (including phenoxy) is 1. The number of primary amides is 1. The van der Waals surface area contributed by atoms with E-state index in [2.05, 4.69) is 21.8 Å². The fourth-order valence-corrected chi connectivity index (χ4v) is 4.60. The van der Waals surface area contributed by atoms with E-state index in [1.165, 1.54) is 11.5 Å². The van der Waals surface area contributed by atoms with Crippen LogP contribution in [0.15, 0.2) is 48.5 Å². The van der Waals surface area contributed by atoms with Gasteiger partial charge in [0.25, 0.3) is 0 Å². The van der Waals surface area contributed by atoms with Gasteiger partial charge >= 0.3 is 0 Å². The third-order valence-corrected chi connectivity index (χ3v) is 6.16. The van der Waals surface area contributed by atoms with Crippen LogP contribution in [0.5, 0.6) is 5.75 Å². The lowest BCUT2D eigenvalue weighted by atomic mass is 10.1. The van der Waals surface area contributed by atoms with Crippen LogP contribution >= 0.6 is 11.5 Å². The highest BCUT2D eigenvalue weighted by Gasteiger charge is 2.22. The number of anilines is 1. The summed E-state index contributed by atoms with van der Waals surface area (Å²) in [7, 11) is 0. The predicted octanol–water partition coefficient (Wildman–Crippen LogP) is 4.18. The molecule has 0 atom stereocenters. The van der Waals surface area contributed by atoms with Crippen molar-refractivity contribution in [2.45, 2.75) is 25.8 Å². The number of fused-ring (bicyclic) bond motifs is 2. The van der Waals surface area contributed by atoms with Crippen LogP contribution in [0.1, 0.15) is 34.5 Å². The minimum absolute atomic E-state index is 0.460. The second-order valence-electron chi connectivity index (χ2n) is 7.39. The molecule has 0 aliphatic carbocycles. The molecule has 31 heavy (non-hydrogen) atoms. The van der Waals surface area contributed by atoms with E-state index >= 15 is 0 Å². The molecular weight excluding hydrogens is 410 g/mol. The Hall–Kier alpha value is -3.52. The van der Waals surface area contributed by atoms with Crippen LogP contribution in [-0.2, 0) is 13.0 Å². The number of carbonyl (C=O) groups is 1. The molecule has 0 saturated carbocycles. The lowest BCUT2D eigenvalue weighted by Gasteiger charge is -2.14. The van der Waals surface area contributed by atoms with Crippen LogP contribution in [0.2, 0.25) is 0 Å². The molecular formula is C23H21N5O2S. The summed E-state index contributed by atoms with van der Waals surface area (Å²) in [6, 6.07) is 15.6. The maximum absolute atomic E-state index is 11.8. The first-order chi connectivity index (χ1) is 15.2. The second-order valence-corrected chi connectivity index (χ2v) is 8.17. The molecule has 3 N–H and O–H groups in total. The summed E-state index contributed by atoms with van der Waals surface area (Å²) in [4.78, 5) is 21.4.